The van der Waals surface area contributed by atoms with E-state index in [1.165, 1.54) is 6.92 Å². The predicted octanol–water partition coefficient (Wildman–Crippen LogP) is 4.20. The number of hydrogen-bond acceptors (Lipinski definition) is 5. The number of nitrogens with zero attached hydrogens (tertiary/aromatic N) is 1. The third-order valence-corrected chi connectivity index (χ3v) is 6.89. The van der Waals surface area contributed by atoms with Crippen molar-refractivity contribution >= 4 is 27.5 Å². The molecule has 0 amide bonds. The van der Waals surface area contributed by atoms with Crippen molar-refractivity contribution in [3.05, 3.63) is 87.5 Å². The Balaban J connectivity index is 1.52. The van der Waals surface area contributed by atoms with Gasteiger partial charge in [-0.3, -0.25) is 14.6 Å². The summed E-state index contributed by atoms with van der Waals surface area (Å²) in [5.41, 5.74) is 4.08. The van der Waals surface area contributed by atoms with E-state index in [2.05, 4.69) is 16.0 Å². The number of aryl methyl sites for hydroxylation is 1. The molecule has 6 nitrogen and oxygen atoms in total. The lowest BCUT2D eigenvalue weighted by molar-refractivity contribution is -0.0458. The van der Waals surface area contributed by atoms with Gasteiger partial charge >= 0.3 is 0 Å². The van der Waals surface area contributed by atoms with Crippen LogP contribution in [-0.4, -0.2) is 40.2 Å². The van der Waals surface area contributed by atoms with Gasteiger partial charge < -0.3 is 14.8 Å². The maximum absolute atomic E-state index is 13.5. The van der Waals surface area contributed by atoms with Gasteiger partial charge in [0.2, 0.25) is 0 Å². The number of Topliss-reactive ketones (excluding diaryl/α,β-unsaturated/α-hetero) is 1. The second kappa shape index (κ2) is 9.49. The summed E-state index contributed by atoms with van der Waals surface area (Å²) in [7, 11) is 0. The van der Waals surface area contributed by atoms with E-state index in [9.17, 15) is 14.7 Å². The Hall–Kier alpha value is -3.35. The van der Waals surface area contributed by atoms with Crippen molar-refractivity contribution in [1.82, 2.24) is 9.97 Å². The normalized spacial score (nSPS) is 18.4. The van der Waals surface area contributed by atoms with Crippen LogP contribution in [0.25, 0.3) is 21.7 Å². The van der Waals surface area contributed by atoms with Gasteiger partial charge in [-0.25, -0.2) is 0 Å². The zero-order valence-electron chi connectivity index (χ0n) is 19.2. The van der Waals surface area contributed by atoms with Crippen LogP contribution in [0, 0.1) is 5.92 Å². The zero-order valence-corrected chi connectivity index (χ0v) is 19.2. The molecule has 2 atom stereocenters. The Morgan fingerprint density at radius 2 is 1.97 bits per heavy atom. The van der Waals surface area contributed by atoms with Crippen LogP contribution in [0.5, 0.6) is 0 Å². The third-order valence-electron chi connectivity index (χ3n) is 6.89. The number of carbonyl (C=O) groups is 1. The molecule has 2 aromatic carbocycles. The molecule has 1 fully saturated rings. The molecular weight excluding hydrogens is 428 g/mol. The molecule has 6 heteroatoms. The van der Waals surface area contributed by atoms with Crippen LogP contribution in [0.2, 0.25) is 0 Å². The van der Waals surface area contributed by atoms with Crippen LogP contribution in [-0.2, 0) is 17.6 Å². The number of pyridine rings is 2. The van der Waals surface area contributed by atoms with Gasteiger partial charge in [-0.15, -0.1) is 0 Å². The Labute approximate surface area is 197 Å². The number of aromatic amines is 1. The van der Waals surface area contributed by atoms with Gasteiger partial charge in [0.1, 0.15) is 5.69 Å². The molecule has 0 bridgehead atoms. The average molecular weight is 457 g/mol. The molecule has 0 aliphatic carbocycles. The fourth-order valence-electron chi connectivity index (χ4n) is 4.92. The van der Waals surface area contributed by atoms with Crippen molar-refractivity contribution in [2.75, 3.05) is 13.2 Å². The highest BCUT2D eigenvalue weighted by Crippen LogP contribution is 2.28. The highest BCUT2D eigenvalue weighted by molar-refractivity contribution is 6.07. The highest BCUT2D eigenvalue weighted by Gasteiger charge is 2.24. The number of ketones is 1. The SMILES string of the molecule is CC(=O)c1ccc(Cc2cc3c(=O)c(CCC4CCOCC4O)c[nH]c3c3ccccc23)cn1. The van der Waals surface area contributed by atoms with E-state index in [-0.39, 0.29) is 17.1 Å². The number of rotatable bonds is 6. The quantitative estimate of drug-likeness (QED) is 0.335. The van der Waals surface area contributed by atoms with Gasteiger partial charge in [-0.1, -0.05) is 30.3 Å². The summed E-state index contributed by atoms with van der Waals surface area (Å²) in [4.78, 5) is 32.7. The predicted molar refractivity (Wildman–Crippen MR) is 132 cm³/mol. The summed E-state index contributed by atoms with van der Waals surface area (Å²) >= 11 is 0. The number of nitrogens with one attached hydrogen (secondary N) is 1. The topological polar surface area (TPSA) is 92.3 Å². The molecule has 174 valence electrons. The standard InChI is InChI=1S/C28H28N2O4/c1-17(31)25-9-6-18(14-29-25)12-21-13-24-27(23-5-3-2-4-22(21)23)30-15-20(28(24)33)8-7-19-10-11-34-16-26(19)32/h2-6,9,13-15,19,26,32H,7-8,10-12,16H2,1H3,(H,30,33). The Kier molecular flexibility index (Phi) is 6.26. The molecule has 2 unspecified atom stereocenters. The van der Waals surface area contributed by atoms with Crippen LogP contribution >= 0.6 is 0 Å². The van der Waals surface area contributed by atoms with Crippen molar-refractivity contribution in [3.8, 4) is 0 Å². The van der Waals surface area contributed by atoms with E-state index < -0.39 is 6.10 Å². The van der Waals surface area contributed by atoms with Crippen LogP contribution < -0.4 is 5.43 Å². The van der Waals surface area contributed by atoms with E-state index in [4.69, 9.17) is 4.74 Å². The first kappa shape index (κ1) is 22.4. The Morgan fingerprint density at radius 1 is 1.15 bits per heavy atom. The van der Waals surface area contributed by atoms with Crippen molar-refractivity contribution < 1.29 is 14.6 Å². The Bertz CT molecular complexity index is 1410. The molecule has 1 saturated heterocycles. The van der Waals surface area contributed by atoms with Crippen LogP contribution in [0.3, 0.4) is 0 Å². The molecule has 0 saturated carbocycles. The van der Waals surface area contributed by atoms with Crippen molar-refractivity contribution in [3.63, 3.8) is 0 Å². The first-order chi connectivity index (χ1) is 16.5. The summed E-state index contributed by atoms with van der Waals surface area (Å²) in [6.45, 7) is 2.54. The van der Waals surface area contributed by atoms with Gasteiger partial charge in [0.15, 0.2) is 11.2 Å². The minimum absolute atomic E-state index is 0.0346. The van der Waals surface area contributed by atoms with Crippen molar-refractivity contribution in [2.45, 2.75) is 38.7 Å². The molecule has 0 radical (unpaired) electrons. The average Bonchev–Trinajstić information content (AvgIpc) is 2.85. The molecule has 5 rings (SSSR count). The van der Waals surface area contributed by atoms with E-state index in [1.54, 1.807) is 12.3 Å². The Morgan fingerprint density at radius 3 is 2.71 bits per heavy atom. The molecule has 1 aliphatic heterocycles. The lowest BCUT2D eigenvalue weighted by atomic mass is 9.90. The third kappa shape index (κ3) is 4.39. The van der Waals surface area contributed by atoms with Gasteiger partial charge in [0.25, 0.3) is 0 Å². The second-order valence-corrected chi connectivity index (χ2v) is 9.16. The molecule has 0 spiro atoms. The second-order valence-electron chi connectivity index (χ2n) is 9.16. The summed E-state index contributed by atoms with van der Waals surface area (Å²) in [6, 6.07) is 13.7. The fourth-order valence-corrected chi connectivity index (χ4v) is 4.92. The number of carbonyl (C=O) groups excluding carboxylic acids is 1. The summed E-state index contributed by atoms with van der Waals surface area (Å²) in [5.74, 6) is 0.0940. The molecule has 2 aromatic heterocycles. The van der Waals surface area contributed by atoms with Gasteiger partial charge in [-0.05, 0) is 60.2 Å². The molecule has 2 N–H and O–H groups in total. The van der Waals surface area contributed by atoms with E-state index >= 15 is 0 Å². The number of aliphatic hydroxyl groups excluding tert-OH is 1. The monoisotopic (exact) mass is 456 g/mol. The maximum atomic E-state index is 13.5. The molecule has 4 aromatic rings. The van der Waals surface area contributed by atoms with Gasteiger partial charge in [0, 0.05) is 42.3 Å². The molecule has 1 aliphatic rings. The lowest BCUT2D eigenvalue weighted by Gasteiger charge is -2.27. The van der Waals surface area contributed by atoms with E-state index in [0.29, 0.717) is 37.1 Å². The minimum Gasteiger partial charge on any atom is -0.390 e. The van der Waals surface area contributed by atoms with Crippen LogP contribution in [0.15, 0.2) is 59.7 Å². The number of H-pyrrole nitrogens is 1. The molecular formula is C28H28N2O4. The zero-order chi connectivity index (χ0) is 23.7. The fraction of sp³-hybridized carbons (Fsp3) is 0.321. The van der Waals surface area contributed by atoms with Gasteiger partial charge in [0.05, 0.1) is 18.2 Å². The number of benzene rings is 2. The first-order valence-electron chi connectivity index (χ1n) is 11.8. The first-order valence-corrected chi connectivity index (χ1v) is 11.8. The minimum atomic E-state index is -0.466. The number of fused-ring (bicyclic) bond motifs is 3. The van der Waals surface area contributed by atoms with Gasteiger partial charge in [-0.2, -0.15) is 0 Å². The lowest BCUT2D eigenvalue weighted by Crippen LogP contribution is -2.32. The maximum Gasteiger partial charge on any atom is 0.192 e. The smallest absolute Gasteiger partial charge is 0.192 e. The largest absolute Gasteiger partial charge is 0.390 e. The van der Waals surface area contributed by atoms with E-state index in [0.717, 1.165) is 45.8 Å². The number of hydrogen-bond donors (Lipinski definition) is 2. The van der Waals surface area contributed by atoms with Crippen molar-refractivity contribution in [1.29, 1.82) is 0 Å². The number of ether oxygens (including phenoxy) is 1. The summed E-state index contributed by atoms with van der Waals surface area (Å²) < 4.78 is 5.33. The molecule has 34 heavy (non-hydrogen) atoms. The van der Waals surface area contributed by atoms with Crippen molar-refractivity contribution in [2.24, 2.45) is 5.92 Å². The van der Waals surface area contributed by atoms with Crippen LogP contribution in [0.4, 0.5) is 0 Å². The summed E-state index contributed by atoms with van der Waals surface area (Å²) in [5, 5.41) is 13.0. The molecule has 3 heterocycles. The number of aromatic nitrogens is 2. The highest BCUT2D eigenvalue weighted by atomic mass is 16.5. The van der Waals surface area contributed by atoms with Crippen LogP contribution in [0.1, 0.15) is 46.9 Å². The summed E-state index contributed by atoms with van der Waals surface area (Å²) in [6.07, 6.45) is 5.89. The van der Waals surface area contributed by atoms with E-state index in [1.807, 2.05) is 36.5 Å². The number of aliphatic hydroxyl groups is 1.